The number of carbonyl (C=O) groups is 1. The van der Waals surface area contributed by atoms with Crippen molar-refractivity contribution in [2.24, 2.45) is 11.7 Å². The van der Waals surface area contributed by atoms with Crippen molar-refractivity contribution in [2.45, 2.75) is 43.7 Å². The molecule has 0 aliphatic heterocycles. The highest BCUT2D eigenvalue weighted by Gasteiger charge is 2.43. The molecule has 3 N–H and O–H groups in total. The first-order valence-corrected chi connectivity index (χ1v) is 5.75. The van der Waals surface area contributed by atoms with Crippen LogP contribution in [0.4, 0.5) is 0 Å². The minimum absolute atomic E-state index is 0.0111. The Morgan fingerprint density at radius 2 is 2.27 bits per heavy atom. The molecule has 4 heteroatoms. The van der Waals surface area contributed by atoms with Crippen molar-refractivity contribution in [3.63, 3.8) is 0 Å². The summed E-state index contributed by atoms with van der Waals surface area (Å²) in [5.74, 6) is 0.394. The molecule has 86 valence electrons. The highest BCUT2D eigenvalue weighted by molar-refractivity contribution is 5.82. The molecule has 0 aromatic heterocycles. The van der Waals surface area contributed by atoms with Gasteiger partial charge in [-0.15, -0.1) is 0 Å². The van der Waals surface area contributed by atoms with Gasteiger partial charge in [0.15, 0.2) is 0 Å². The summed E-state index contributed by atoms with van der Waals surface area (Å²) >= 11 is 0. The molecule has 2 aliphatic rings. The summed E-state index contributed by atoms with van der Waals surface area (Å²) in [5.41, 5.74) is 5.79. The summed E-state index contributed by atoms with van der Waals surface area (Å²) in [7, 11) is 1.70. The smallest absolute Gasteiger partial charge is 0.237 e. The fraction of sp³-hybridized carbons (Fsp3) is 0.909. The van der Waals surface area contributed by atoms with Crippen molar-refractivity contribution < 1.29 is 9.53 Å². The molecular weight excluding hydrogens is 192 g/mol. The Balaban J connectivity index is 1.72. The highest BCUT2D eigenvalue weighted by atomic mass is 16.5. The van der Waals surface area contributed by atoms with Crippen molar-refractivity contribution in [3.05, 3.63) is 0 Å². The Hall–Kier alpha value is -0.610. The Morgan fingerprint density at radius 1 is 1.60 bits per heavy atom. The molecule has 1 atom stereocenters. The normalized spacial score (nSPS) is 25.5. The summed E-state index contributed by atoms with van der Waals surface area (Å²) in [6.45, 7) is 0.614. The predicted molar refractivity (Wildman–Crippen MR) is 57.3 cm³/mol. The molecule has 0 bridgehead atoms. The van der Waals surface area contributed by atoms with E-state index in [1.54, 1.807) is 7.11 Å². The number of ether oxygens (including phenoxy) is 1. The third-order valence-corrected chi connectivity index (χ3v) is 3.79. The topological polar surface area (TPSA) is 64.3 Å². The fourth-order valence-electron chi connectivity index (χ4n) is 1.97. The zero-order valence-electron chi connectivity index (χ0n) is 9.29. The first-order chi connectivity index (χ1) is 7.17. The van der Waals surface area contributed by atoms with Gasteiger partial charge in [0.05, 0.1) is 11.6 Å². The second-order valence-corrected chi connectivity index (χ2v) is 4.82. The van der Waals surface area contributed by atoms with Crippen molar-refractivity contribution in [3.8, 4) is 0 Å². The summed E-state index contributed by atoms with van der Waals surface area (Å²) in [5, 5.41) is 2.90. The molecule has 0 aromatic rings. The standard InChI is InChI=1S/C11H20N2O2/c1-15-11(5-6-11)7-13-10(14)9(12)8-3-2-4-8/h8-9H,2-7,12H2,1H3,(H,13,14). The van der Waals surface area contributed by atoms with Crippen LogP contribution in [0.5, 0.6) is 0 Å². The van der Waals surface area contributed by atoms with Gasteiger partial charge in [-0.1, -0.05) is 6.42 Å². The molecule has 2 saturated carbocycles. The lowest BCUT2D eigenvalue weighted by Gasteiger charge is -2.30. The molecule has 4 nitrogen and oxygen atoms in total. The zero-order chi connectivity index (χ0) is 10.9. The Kier molecular flexibility index (Phi) is 2.98. The number of amides is 1. The van der Waals surface area contributed by atoms with Crippen LogP contribution in [-0.2, 0) is 9.53 Å². The summed E-state index contributed by atoms with van der Waals surface area (Å²) in [6, 6.07) is -0.314. The van der Waals surface area contributed by atoms with E-state index >= 15 is 0 Å². The fourth-order valence-corrected chi connectivity index (χ4v) is 1.97. The number of rotatable bonds is 5. The van der Waals surface area contributed by atoms with Gasteiger partial charge >= 0.3 is 0 Å². The van der Waals surface area contributed by atoms with E-state index < -0.39 is 0 Å². The lowest BCUT2D eigenvalue weighted by Crippen LogP contribution is -2.49. The number of methoxy groups -OCH3 is 1. The first-order valence-electron chi connectivity index (χ1n) is 5.75. The highest BCUT2D eigenvalue weighted by Crippen LogP contribution is 2.38. The summed E-state index contributed by atoms with van der Waals surface area (Å²) in [4.78, 5) is 11.7. The number of hydrogen-bond donors (Lipinski definition) is 2. The Morgan fingerprint density at radius 3 is 2.67 bits per heavy atom. The molecule has 2 aliphatic carbocycles. The third-order valence-electron chi connectivity index (χ3n) is 3.79. The molecule has 0 saturated heterocycles. The van der Waals surface area contributed by atoms with Crippen molar-refractivity contribution in [1.29, 1.82) is 0 Å². The van der Waals surface area contributed by atoms with Crippen molar-refractivity contribution in [1.82, 2.24) is 5.32 Å². The van der Waals surface area contributed by atoms with Crippen LogP contribution in [0.3, 0.4) is 0 Å². The van der Waals surface area contributed by atoms with Gasteiger partial charge in [-0.2, -0.15) is 0 Å². The first kappa shape index (κ1) is 10.9. The van der Waals surface area contributed by atoms with E-state index in [0.29, 0.717) is 12.5 Å². The van der Waals surface area contributed by atoms with Gasteiger partial charge in [0.25, 0.3) is 0 Å². The van der Waals surface area contributed by atoms with Gasteiger partial charge < -0.3 is 15.8 Å². The third kappa shape index (κ3) is 2.32. The molecule has 15 heavy (non-hydrogen) atoms. The van der Waals surface area contributed by atoms with Crippen LogP contribution in [0.15, 0.2) is 0 Å². The molecule has 0 radical (unpaired) electrons. The number of nitrogens with two attached hydrogens (primary N) is 1. The van der Waals surface area contributed by atoms with Crippen LogP contribution in [0.2, 0.25) is 0 Å². The Labute approximate surface area is 90.5 Å². The lowest BCUT2D eigenvalue weighted by molar-refractivity contribution is -0.125. The number of carbonyl (C=O) groups excluding carboxylic acids is 1. The zero-order valence-corrected chi connectivity index (χ0v) is 9.29. The average Bonchev–Trinajstić information content (AvgIpc) is 2.92. The monoisotopic (exact) mass is 212 g/mol. The quantitative estimate of drug-likeness (QED) is 0.693. The molecule has 0 aromatic carbocycles. The van der Waals surface area contributed by atoms with E-state index in [2.05, 4.69) is 5.32 Å². The molecule has 2 rings (SSSR count). The van der Waals surface area contributed by atoms with E-state index in [4.69, 9.17) is 10.5 Å². The number of nitrogens with one attached hydrogen (secondary N) is 1. The molecular formula is C11H20N2O2. The van der Waals surface area contributed by atoms with Crippen molar-refractivity contribution >= 4 is 5.91 Å². The lowest BCUT2D eigenvalue weighted by atomic mass is 9.80. The van der Waals surface area contributed by atoms with E-state index in [9.17, 15) is 4.79 Å². The minimum Gasteiger partial charge on any atom is -0.376 e. The molecule has 2 fully saturated rings. The van der Waals surface area contributed by atoms with E-state index in [1.807, 2.05) is 0 Å². The maximum atomic E-state index is 11.7. The average molecular weight is 212 g/mol. The van der Waals surface area contributed by atoms with Crippen molar-refractivity contribution in [2.75, 3.05) is 13.7 Å². The van der Waals surface area contributed by atoms with Gasteiger partial charge in [0.2, 0.25) is 5.91 Å². The van der Waals surface area contributed by atoms with Crippen LogP contribution < -0.4 is 11.1 Å². The van der Waals surface area contributed by atoms with Crippen LogP contribution in [-0.4, -0.2) is 31.2 Å². The van der Waals surface area contributed by atoms with E-state index in [1.165, 1.54) is 6.42 Å². The largest absolute Gasteiger partial charge is 0.376 e. The summed E-state index contributed by atoms with van der Waals surface area (Å²) < 4.78 is 5.32. The molecule has 1 unspecified atom stereocenters. The van der Waals surface area contributed by atoms with Crippen LogP contribution in [0, 0.1) is 5.92 Å². The van der Waals surface area contributed by atoms with Gasteiger partial charge in [-0.3, -0.25) is 4.79 Å². The van der Waals surface area contributed by atoms with E-state index in [0.717, 1.165) is 25.7 Å². The van der Waals surface area contributed by atoms with Gasteiger partial charge in [-0.25, -0.2) is 0 Å². The predicted octanol–water partition coefficient (Wildman–Crippen LogP) is 0.409. The second-order valence-electron chi connectivity index (χ2n) is 4.82. The second kappa shape index (κ2) is 4.10. The molecule has 0 spiro atoms. The maximum absolute atomic E-state index is 11.7. The molecule has 1 amide bonds. The van der Waals surface area contributed by atoms with Gasteiger partial charge in [-0.05, 0) is 31.6 Å². The van der Waals surface area contributed by atoms with Crippen LogP contribution in [0.1, 0.15) is 32.1 Å². The van der Waals surface area contributed by atoms with Crippen LogP contribution >= 0.6 is 0 Å². The molecule has 0 heterocycles. The van der Waals surface area contributed by atoms with Gasteiger partial charge in [0.1, 0.15) is 0 Å². The maximum Gasteiger partial charge on any atom is 0.237 e. The Bertz CT molecular complexity index is 247. The minimum atomic E-state index is -0.314. The van der Waals surface area contributed by atoms with Gasteiger partial charge in [0, 0.05) is 13.7 Å². The number of hydrogen-bond acceptors (Lipinski definition) is 3. The summed E-state index contributed by atoms with van der Waals surface area (Å²) in [6.07, 6.45) is 5.51. The SMILES string of the molecule is COC1(CNC(=O)C(N)C2CCC2)CC1. The van der Waals surface area contributed by atoms with E-state index in [-0.39, 0.29) is 17.6 Å². The van der Waals surface area contributed by atoms with Crippen LogP contribution in [0.25, 0.3) is 0 Å².